The maximum absolute atomic E-state index is 14.3. The van der Waals surface area contributed by atoms with Crippen LogP contribution in [-0.4, -0.2) is 11.6 Å². The van der Waals surface area contributed by atoms with E-state index >= 15 is 0 Å². The zero-order chi connectivity index (χ0) is 29.1. The SMILES string of the molecule is Cc1ccccc1NC1=C(C2C3=C(CC(C)(C)CC3=O)N(c3ccccc3C)c3ccccc32)C(=O)CC(C)(C)C1. The van der Waals surface area contributed by atoms with E-state index in [2.05, 4.69) is 106 Å². The summed E-state index contributed by atoms with van der Waals surface area (Å²) in [6, 6.07) is 25.0. The molecule has 0 aromatic heterocycles. The molecule has 210 valence electrons. The third-order valence-electron chi connectivity index (χ3n) is 8.94. The van der Waals surface area contributed by atoms with Gasteiger partial charge >= 0.3 is 0 Å². The van der Waals surface area contributed by atoms with Gasteiger partial charge in [0.25, 0.3) is 0 Å². The van der Waals surface area contributed by atoms with Gasteiger partial charge in [-0.15, -0.1) is 0 Å². The number of benzene rings is 3. The number of aryl methyl sites for hydroxylation is 2. The Labute approximate surface area is 244 Å². The Morgan fingerprint density at radius 3 is 1.90 bits per heavy atom. The molecule has 1 atom stereocenters. The quantitative estimate of drug-likeness (QED) is 0.356. The lowest BCUT2D eigenvalue weighted by Crippen LogP contribution is -2.40. The van der Waals surface area contributed by atoms with Crippen LogP contribution in [0.2, 0.25) is 0 Å². The van der Waals surface area contributed by atoms with E-state index in [-0.39, 0.29) is 22.4 Å². The molecule has 1 N–H and O–H groups in total. The summed E-state index contributed by atoms with van der Waals surface area (Å²) in [6.45, 7) is 12.9. The molecule has 0 fully saturated rings. The summed E-state index contributed by atoms with van der Waals surface area (Å²) >= 11 is 0. The van der Waals surface area contributed by atoms with Gasteiger partial charge in [0.1, 0.15) is 0 Å². The number of fused-ring (bicyclic) bond motifs is 1. The monoisotopic (exact) mass is 544 g/mol. The van der Waals surface area contributed by atoms with E-state index in [1.807, 2.05) is 18.2 Å². The summed E-state index contributed by atoms with van der Waals surface area (Å²) < 4.78 is 0. The Morgan fingerprint density at radius 1 is 0.659 bits per heavy atom. The molecule has 0 saturated carbocycles. The van der Waals surface area contributed by atoms with Crippen molar-refractivity contribution in [3.05, 3.63) is 112 Å². The highest BCUT2D eigenvalue weighted by Crippen LogP contribution is 2.56. The molecular weight excluding hydrogens is 504 g/mol. The molecule has 2 aliphatic carbocycles. The van der Waals surface area contributed by atoms with Crippen LogP contribution in [-0.2, 0) is 9.59 Å². The molecule has 1 heterocycles. The van der Waals surface area contributed by atoms with Crippen LogP contribution in [0.4, 0.5) is 17.1 Å². The topological polar surface area (TPSA) is 49.4 Å². The largest absolute Gasteiger partial charge is 0.358 e. The fraction of sp³-hybridized carbons (Fsp3) is 0.351. The fourth-order valence-electron chi connectivity index (χ4n) is 7.11. The summed E-state index contributed by atoms with van der Waals surface area (Å²) in [5.74, 6) is -0.124. The van der Waals surface area contributed by atoms with E-state index < -0.39 is 5.92 Å². The van der Waals surface area contributed by atoms with Gasteiger partial charge in [0, 0.05) is 58.4 Å². The van der Waals surface area contributed by atoms with Gasteiger partial charge in [-0.05, 0) is 72.4 Å². The molecule has 0 bridgehead atoms. The van der Waals surface area contributed by atoms with Crippen LogP contribution in [0.15, 0.2) is 95.3 Å². The van der Waals surface area contributed by atoms with Crippen LogP contribution in [0.1, 0.15) is 76.0 Å². The van der Waals surface area contributed by atoms with Gasteiger partial charge in [-0.25, -0.2) is 0 Å². The fourth-order valence-corrected chi connectivity index (χ4v) is 7.11. The Bertz CT molecular complexity index is 1640. The second kappa shape index (κ2) is 9.87. The average Bonchev–Trinajstić information content (AvgIpc) is 2.89. The number of rotatable bonds is 4. The van der Waals surface area contributed by atoms with Crippen molar-refractivity contribution < 1.29 is 9.59 Å². The predicted molar refractivity (Wildman–Crippen MR) is 167 cm³/mol. The minimum atomic E-state index is -0.403. The first-order chi connectivity index (χ1) is 19.5. The van der Waals surface area contributed by atoms with Crippen LogP contribution in [0.25, 0.3) is 0 Å². The van der Waals surface area contributed by atoms with Gasteiger partial charge < -0.3 is 10.2 Å². The first-order valence-electron chi connectivity index (χ1n) is 14.8. The molecule has 3 aliphatic rings. The van der Waals surface area contributed by atoms with Crippen molar-refractivity contribution in [3.8, 4) is 0 Å². The number of nitrogens with one attached hydrogen (secondary N) is 1. The van der Waals surface area contributed by atoms with E-state index in [0.29, 0.717) is 12.8 Å². The number of anilines is 3. The van der Waals surface area contributed by atoms with Crippen molar-refractivity contribution in [2.45, 2.75) is 73.1 Å². The van der Waals surface area contributed by atoms with E-state index in [1.165, 1.54) is 0 Å². The summed E-state index contributed by atoms with van der Waals surface area (Å²) in [5, 5.41) is 3.70. The molecule has 4 heteroatoms. The third kappa shape index (κ3) is 4.84. The number of hydrogen-bond donors (Lipinski definition) is 1. The molecular formula is C37H40N2O2. The van der Waals surface area contributed by atoms with Crippen LogP contribution < -0.4 is 10.2 Å². The van der Waals surface area contributed by atoms with E-state index in [1.54, 1.807) is 0 Å². The molecule has 41 heavy (non-hydrogen) atoms. The van der Waals surface area contributed by atoms with E-state index in [9.17, 15) is 9.59 Å². The smallest absolute Gasteiger partial charge is 0.162 e. The standard InChI is InChI=1S/C37H40N2O2/c1-23-13-7-10-16-26(23)38-27-19-36(3,4)21-31(40)34(27)33-25-15-9-12-18-29(25)39(28-17-11-8-14-24(28)2)30-20-37(5,6)22-32(41)35(30)33/h7-18,33,38H,19-22H2,1-6H3. The zero-order valence-corrected chi connectivity index (χ0v) is 25.1. The first kappa shape index (κ1) is 27.3. The van der Waals surface area contributed by atoms with E-state index in [4.69, 9.17) is 0 Å². The Kier molecular flexibility index (Phi) is 6.56. The third-order valence-corrected chi connectivity index (χ3v) is 8.94. The maximum atomic E-state index is 14.3. The van der Waals surface area contributed by atoms with Gasteiger partial charge in [-0.1, -0.05) is 82.3 Å². The molecule has 0 spiro atoms. The lowest BCUT2D eigenvalue weighted by atomic mass is 9.64. The normalized spacial score (nSPS) is 21.5. The van der Waals surface area contributed by atoms with E-state index in [0.717, 1.165) is 69.1 Å². The number of hydrogen-bond acceptors (Lipinski definition) is 4. The minimum absolute atomic E-state index is 0.131. The molecule has 0 saturated heterocycles. The number of nitrogens with zero attached hydrogens (tertiary/aromatic N) is 1. The van der Waals surface area contributed by atoms with Crippen molar-refractivity contribution in [1.29, 1.82) is 0 Å². The number of allylic oxidation sites excluding steroid dienone is 4. The molecule has 3 aromatic carbocycles. The van der Waals surface area contributed by atoms with Crippen molar-refractivity contribution >= 4 is 28.6 Å². The van der Waals surface area contributed by atoms with Crippen molar-refractivity contribution in [2.24, 2.45) is 10.8 Å². The van der Waals surface area contributed by atoms with Crippen molar-refractivity contribution in [3.63, 3.8) is 0 Å². The summed E-state index contributed by atoms with van der Waals surface area (Å²) in [7, 11) is 0. The van der Waals surface area contributed by atoms with Crippen LogP contribution in [0.3, 0.4) is 0 Å². The van der Waals surface area contributed by atoms with Gasteiger partial charge in [0.15, 0.2) is 11.6 Å². The molecule has 4 nitrogen and oxygen atoms in total. The summed E-state index contributed by atoms with van der Waals surface area (Å²) in [4.78, 5) is 30.9. The second-order valence-electron chi connectivity index (χ2n) is 13.7. The Balaban J connectivity index is 1.65. The van der Waals surface area contributed by atoms with Gasteiger partial charge in [0.05, 0.1) is 0 Å². The molecule has 0 radical (unpaired) electrons. The van der Waals surface area contributed by atoms with Crippen LogP contribution >= 0.6 is 0 Å². The van der Waals surface area contributed by atoms with Crippen molar-refractivity contribution in [2.75, 3.05) is 10.2 Å². The number of para-hydroxylation sites is 3. The molecule has 0 amide bonds. The van der Waals surface area contributed by atoms with Gasteiger partial charge in [-0.2, -0.15) is 0 Å². The zero-order valence-electron chi connectivity index (χ0n) is 25.1. The van der Waals surface area contributed by atoms with Crippen molar-refractivity contribution in [1.82, 2.24) is 0 Å². The van der Waals surface area contributed by atoms with Crippen LogP contribution in [0, 0.1) is 24.7 Å². The number of Topliss-reactive ketones (excluding diaryl/α,β-unsaturated/α-hetero) is 2. The maximum Gasteiger partial charge on any atom is 0.162 e. The Hall–Kier alpha value is -3.92. The first-order valence-corrected chi connectivity index (χ1v) is 14.8. The number of carbonyl (C=O) groups is 2. The van der Waals surface area contributed by atoms with Crippen LogP contribution in [0.5, 0.6) is 0 Å². The highest BCUT2D eigenvalue weighted by Gasteiger charge is 2.48. The van der Waals surface area contributed by atoms with Gasteiger partial charge in [-0.3, -0.25) is 9.59 Å². The molecule has 1 aliphatic heterocycles. The highest BCUT2D eigenvalue weighted by atomic mass is 16.1. The number of carbonyl (C=O) groups excluding carboxylic acids is 2. The highest BCUT2D eigenvalue weighted by molar-refractivity contribution is 6.08. The second-order valence-corrected chi connectivity index (χ2v) is 13.7. The average molecular weight is 545 g/mol. The summed E-state index contributed by atoms with van der Waals surface area (Å²) in [5.41, 5.74) is 9.60. The Morgan fingerprint density at radius 2 is 1.22 bits per heavy atom. The minimum Gasteiger partial charge on any atom is -0.358 e. The summed E-state index contributed by atoms with van der Waals surface area (Å²) in [6.07, 6.45) is 2.44. The molecule has 6 rings (SSSR count). The lowest BCUT2D eigenvalue weighted by Gasteiger charge is -2.46. The molecule has 3 aromatic rings. The lowest BCUT2D eigenvalue weighted by molar-refractivity contribution is -0.118. The number of ketones is 2. The molecule has 1 unspecified atom stereocenters. The van der Waals surface area contributed by atoms with Gasteiger partial charge in [0.2, 0.25) is 0 Å². The predicted octanol–water partition coefficient (Wildman–Crippen LogP) is 8.94.